The minimum atomic E-state index is 0.0904. The number of hydrogen-bond donors (Lipinski definition) is 3. The van der Waals surface area contributed by atoms with Crippen LogP contribution < -0.4 is 16.0 Å². The van der Waals surface area contributed by atoms with Gasteiger partial charge in [-0.3, -0.25) is 4.98 Å². The second-order valence-electron chi connectivity index (χ2n) is 11.8. The first kappa shape index (κ1) is 25.5. The number of nitrogens with one attached hydrogen (secondary N) is 3. The van der Waals surface area contributed by atoms with Crippen molar-refractivity contribution in [2.24, 2.45) is 5.41 Å². The normalized spacial score (nSPS) is 18.3. The second-order valence-corrected chi connectivity index (χ2v) is 11.8. The molecule has 1 unspecified atom stereocenters. The molecular formula is C31H34N10. The van der Waals surface area contributed by atoms with Gasteiger partial charge in [0.25, 0.3) is 0 Å². The molecule has 7 rings (SSSR count). The Bertz CT molecular complexity index is 1680. The van der Waals surface area contributed by atoms with Crippen molar-refractivity contribution in [3.8, 4) is 11.4 Å². The molecule has 2 aliphatic rings. The molecule has 1 aliphatic heterocycles. The van der Waals surface area contributed by atoms with E-state index in [2.05, 4.69) is 62.0 Å². The maximum absolute atomic E-state index is 5.14. The molecule has 41 heavy (non-hydrogen) atoms. The van der Waals surface area contributed by atoms with E-state index in [1.54, 1.807) is 17.2 Å². The minimum Gasteiger partial charge on any atom is -0.366 e. The summed E-state index contributed by atoms with van der Waals surface area (Å²) in [5.74, 6) is 3.17. The van der Waals surface area contributed by atoms with E-state index in [1.165, 1.54) is 18.4 Å². The lowest BCUT2D eigenvalue weighted by Gasteiger charge is -2.40. The van der Waals surface area contributed by atoms with Crippen LogP contribution in [-0.2, 0) is 6.54 Å². The molecule has 208 valence electrons. The number of pyridine rings is 2. The lowest BCUT2D eigenvalue weighted by atomic mass is 9.80. The molecule has 0 spiro atoms. The van der Waals surface area contributed by atoms with Gasteiger partial charge in [-0.1, -0.05) is 44.2 Å². The molecule has 3 N–H and O–H groups in total. The van der Waals surface area contributed by atoms with Crippen LogP contribution in [0.15, 0.2) is 67.4 Å². The maximum Gasteiger partial charge on any atom is 0.247 e. The number of benzene rings is 1. The maximum atomic E-state index is 5.14. The van der Waals surface area contributed by atoms with E-state index in [4.69, 9.17) is 9.97 Å². The number of fused-ring (bicyclic) bond motifs is 1. The van der Waals surface area contributed by atoms with Crippen molar-refractivity contribution >= 4 is 28.5 Å². The summed E-state index contributed by atoms with van der Waals surface area (Å²) < 4.78 is 1.80. The van der Waals surface area contributed by atoms with Crippen molar-refractivity contribution < 1.29 is 0 Å². The molecule has 1 aliphatic carbocycles. The molecule has 1 saturated carbocycles. The van der Waals surface area contributed by atoms with Gasteiger partial charge in [0.05, 0.1) is 18.3 Å². The molecule has 10 heteroatoms. The lowest BCUT2D eigenvalue weighted by molar-refractivity contribution is 0.236. The number of hydrogen-bond acceptors (Lipinski definition) is 9. The fourth-order valence-electron chi connectivity index (χ4n) is 5.60. The van der Waals surface area contributed by atoms with E-state index in [-0.39, 0.29) is 5.41 Å². The van der Waals surface area contributed by atoms with Crippen LogP contribution in [0.25, 0.3) is 22.3 Å². The molecule has 0 amide bonds. The highest BCUT2D eigenvalue weighted by atomic mass is 15.4. The molecule has 2 fully saturated rings. The van der Waals surface area contributed by atoms with Gasteiger partial charge in [-0.15, -0.1) is 5.10 Å². The highest BCUT2D eigenvalue weighted by molar-refractivity contribution is 5.93. The van der Waals surface area contributed by atoms with E-state index in [0.29, 0.717) is 36.1 Å². The predicted octanol–water partition coefficient (Wildman–Crippen LogP) is 5.15. The van der Waals surface area contributed by atoms with Gasteiger partial charge in [-0.25, -0.2) is 24.6 Å². The van der Waals surface area contributed by atoms with Gasteiger partial charge in [-0.05, 0) is 60.4 Å². The summed E-state index contributed by atoms with van der Waals surface area (Å²) in [7, 11) is 0. The highest BCUT2D eigenvalue weighted by Crippen LogP contribution is 2.44. The number of rotatable bonds is 8. The first-order chi connectivity index (χ1) is 20.0. The summed E-state index contributed by atoms with van der Waals surface area (Å²) in [6, 6.07) is 14.4. The van der Waals surface area contributed by atoms with Crippen LogP contribution in [0, 0.1) is 5.41 Å². The first-order valence-electron chi connectivity index (χ1n) is 14.3. The molecule has 1 atom stereocenters. The number of nitrogens with zero attached hydrogens (tertiary/aromatic N) is 7. The molecule has 4 aromatic heterocycles. The van der Waals surface area contributed by atoms with Crippen molar-refractivity contribution in [3.63, 3.8) is 0 Å². The van der Waals surface area contributed by atoms with Crippen molar-refractivity contribution in [3.05, 3.63) is 78.5 Å². The van der Waals surface area contributed by atoms with Crippen LogP contribution in [0.4, 0.5) is 17.6 Å². The third kappa shape index (κ3) is 5.47. The average molecular weight is 547 g/mol. The zero-order valence-electron chi connectivity index (χ0n) is 23.4. The van der Waals surface area contributed by atoms with Crippen LogP contribution in [0.3, 0.4) is 0 Å². The van der Waals surface area contributed by atoms with Crippen LogP contribution in [0.1, 0.15) is 50.2 Å². The van der Waals surface area contributed by atoms with Gasteiger partial charge in [0, 0.05) is 35.9 Å². The van der Waals surface area contributed by atoms with Gasteiger partial charge in [0.15, 0.2) is 5.82 Å². The second kappa shape index (κ2) is 10.5. The Morgan fingerprint density at radius 3 is 2.73 bits per heavy atom. The van der Waals surface area contributed by atoms with Crippen molar-refractivity contribution in [2.45, 2.75) is 51.6 Å². The van der Waals surface area contributed by atoms with Gasteiger partial charge in [0.1, 0.15) is 18.0 Å². The minimum absolute atomic E-state index is 0.0904. The van der Waals surface area contributed by atoms with Crippen LogP contribution in [0.2, 0.25) is 0 Å². The van der Waals surface area contributed by atoms with Crippen LogP contribution in [0.5, 0.6) is 0 Å². The summed E-state index contributed by atoms with van der Waals surface area (Å²) in [5, 5.41) is 16.3. The topological polar surface area (TPSA) is 118 Å². The van der Waals surface area contributed by atoms with Crippen molar-refractivity contribution in [1.82, 2.24) is 40.0 Å². The molecule has 0 bridgehead atoms. The van der Waals surface area contributed by atoms with Crippen molar-refractivity contribution in [2.75, 3.05) is 23.7 Å². The van der Waals surface area contributed by atoms with Crippen molar-refractivity contribution in [1.29, 1.82) is 0 Å². The van der Waals surface area contributed by atoms with E-state index in [9.17, 15) is 0 Å². The van der Waals surface area contributed by atoms with E-state index in [1.807, 2.05) is 42.7 Å². The standard InChI is InChI=1S/C31H34N10/c1-31(2)18-32-12-11-25(31)37-29-27-23(21-8-9-21)15-33-16-24(27)36-28(39-29)22-10-13-34-26(14-22)38-30-35-19-41(40-30)17-20-6-4-3-5-7-20/h3-7,10,13-16,19,21,25,32H,8-9,11-12,17-18H2,1-2H3,(H,34,38,40)(H,36,37,39). The Morgan fingerprint density at radius 1 is 1.02 bits per heavy atom. The van der Waals surface area contributed by atoms with Crippen LogP contribution in [-0.4, -0.2) is 53.8 Å². The quantitative estimate of drug-likeness (QED) is 0.243. The Labute approximate surface area is 239 Å². The largest absolute Gasteiger partial charge is 0.366 e. The van der Waals surface area contributed by atoms with Crippen LogP contribution >= 0.6 is 0 Å². The first-order valence-corrected chi connectivity index (χ1v) is 14.3. The number of anilines is 3. The Balaban J connectivity index is 1.20. The predicted molar refractivity (Wildman–Crippen MR) is 160 cm³/mol. The Hall–Kier alpha value is -4.44. The summed E-state index contributed by atoms with van der Waals surface area (Å²) >= 11 is 0. The summed E-state index contributed by atoms with van der Waals surface area (Å²) in [4.78, 5) is 23.6. The number of piperidine rings is 1. The third-order valence-corrected chi connectivity index (χ3v) is 8.08. The molecular weight excluding hydrogens is 512 g/mol. The molecule has 1 aromatic carbocycles. The van der Waals surface area contributed by atoms with E-state index in [0.717, 1.165) is 47.4 Å². The highest BCUT2D eigenvalue weighted by Gasteiger charge is 2.34. The fraction of sp³-hybridized carbons (Fsp3) is 0.355. The van der Waals surface area contributed by atoms with E-state index < -0.39 is 0 Å². The van der Waals surface area contributed by atoms with Gasteiger partial charge in [-0.2, -0.15) is 0 Å². The van der Waals surface area contributed by atoms with Gasteiger partial charge in [0.2, 0.25) is 5.95 Å². The lowest BCUT2D eigenvalue weighted by Crippen LogP contribution is -2.49. The third-order valence-electron chi connectivity index (χ3n) is 8.08. The number of aromatic nitrogens is 7. The average Bonchev–Trinajstić information content (AvgIpc) is 3.74. The Morgan fingerprint density at radius 2 is 1.90 bits per heavy atom. The summed E-state index contributed by atoms with van der Waals surface area (Å²) in [6.45, 7) is 7.21. The zero-order chi connectivity index (χ0) is 27.8. The fourth-order valence-corrected chi connectivity index (χ4v) is 5.60. The Kier molecular flexibility index (Phi) is 6.54. The summed E-state index contributed by atoms with van der Waals surface area (Å²) in [5.41, 5.74) is 4.22. The van der Waals surface area contributed by atoms with E-state index >= 15 is 0 Å². The molecule has 1 saturated heterocycles. The smallest absolute Gasteiger partial charge is 0.247 e. The molecule has 5 aromatic rings. The SMILES string of the molecule is CC1(C)CNCCC1Nc1nc(-c2ccnc(Nc3ncn(Cc4ccccc4)n3)c2)nc2cncc(C3CC3)c12. The van der Waals surface area contributed by atoms with Gasteiger partial charge < -0.3 is 16.0 Å². The molecule has 5 heterocycles. The molecule has 10 nitrogen and oxygen atoms in total. The van der Waals surface area contributed by atoms with Gasteiger partial charge >= 0.3 is 0 Å². The monoisotopic (exact) mass is 546 g/mol. The molecule has 0 radical (unpaired) electrons. The summed E-state index contributed by atoms with van der Waals surface area (Å²) in [6.07, 6.45) is 10.7. The zero-order valence-corrected chi connectivity index (χ0v) is 23.4.